The maximum Gasteiger partial charge on any atom is 0.278 e. The smallest absolute Gasteiger partial charge is 0.278 e. The van der Waals surface area contributed by atoms with E-state index in [2.05, 4.69) is 12.2 Å². The average Bonchev–Trinajstić information content (AvgIpc) is 2.69. The van der Waals surface area contributed by atoms with Gasteiger partial charge in [-0.3, -0.25) is 4.79 Å². The lowest BCUT2D eigenvalue weighted by molar-refractivity contribution is -0.917. The molecule has 162 valence electrons. The second-order valence-electron chi connectivity index (χ2n) is 8.93. The first-order valence-electron chi connectivity index (χ1n) is 10.9. The van der Waals surface area contributed by atoms with Gasteiger partial charge in [-0.05, 0) is 51.2 Å². The Bertz CT molecular complexity index is 832. The van der Waals surface area contributed by atoms with Crippen LogP contribution in [0.5, 0.6) is 0 Å². The quantitative estimate of drug-likeness (QED) is 0.751. The van der Waals surface area contributed by atoms with Crippen LogP contribution in [-0.2, 0) is 14.8 Å². The first-order chi connectivity index (χ1) is 13.7. The van der Waals surface area contributed by atoms with E-state index in [1.807, 2.05) is 32.9 Å². The van der Waals surface area contributed by atoms with Crippen molar-refractivity contribution in [2.24, 2.45) is 5.92 Å². The van der Waals surface area contributed by atoms with E-state index in [4.69, 9.17) is 0 Å². The number of carbonyl (C=O) groups is 1. The average molecular weight is 423 g/mol. The molecule has 1 aromatic rings. The highest BCUT2D eigenvalue weighted by molar-refractivity contribution is 7.89. The molecule has 2 aliphatic rings. The summed E-state index contributed by atoms with van der Waals surface area (Å²) in [5.41, 5.74) is 1.84. The van der Waals surface area contributed by atoms with Gasteiger partial charge in [0.25, 0.3) is 5.91 Å². The maximum atomic E-state index is 13.1. The lowest BCUT2D eigenvalue weighted by atomic mass is 9.86. The van der Waals surface area contributed by atoms with Gasteiger partial charge in [0, 0.05) is 6.04 Å². The van der Waals surface area contributed by atoms with Crippen LogP contribution >= 0.6 is 0 Å². The molecule has 0 bridgehead atoms. The fraction of sp³-hybridized carbons (Fsp3) is 0.682. The first-order valence-corrected chi connectivity index (χ1v) is 12.4. The van der Waals surface area contributed by atoms with Crippen molar-refractivity contribution in [2.75, 3.05) is 26.2 Å². The molecule has 1 aromatic carbocycles. The topological polar surface area (TPSA) is 70.9 Å². The Morgan fingerprint density at radius 1 is 1.17 bits per heavy atom. The van der Waals surface area contributed by atoms with Crippen LogP contribution in [0.15, 0.2) is 23.1 Å². The van der Waals surface area contributed by atoms with Crippen LogP contribution in [0, 0.1) is 19.8 Å². The Hall–Kier alpha value is -1.44. The Morgan fingerprint density at radius 3 is 2.45 bits per heavy atom. The number of piperazine rings is 1. The predicted molar refractivity (Wildman–Crippen MR) is 114 cm³/mol. The minimum atomic E-state index is -3.49. The van der Waals surface area contributed by atoms with Crippen LogP contribution in [0.1, 0.15) is 50.7 Å². The van der Waals surface area contributed by atoms with Crippen molar-refractivity contribution in [1.29, 1.82) is 0 Å². The molecule has 1 aliphatic carbocycles. The number of quaternary nitrogens is 1. The third kappa shape index (κ3) is 5.01. The number of aryl methyl sites for hydroxylation is 2. The number of hydrogen-bond acceptors (Lipinski definition) is 3. The minimum Gasteiger partial charge on any atom is -0.348 e. The zero-order valence-electron chi connectivity index (χ0n) is 18.2. The van der Waals surface area contributed by atoms with Crippen LogP contribution in [0.25, 0.3) is 0 Å². The second kappa shape index (κ2) is 9.14. The van der Waals surface area contributed by atoms with Crippen LogP contribution in [0.4, 0.5) is 0 Å². The molecule has 29 heavy (non-hydrogen) atoms. The molecule has 1 saturated carbocycles. The Labute approximate surface area is 175 Å². The monoisotopic (exact) mass is 422 g/mol. The van der Waals surface area contributed by atoms with E-state index in [9.17, 15) is 13.2 Å². The molecule has 0 aromatic heterocycles. The first kappa shape index (κ1) is 22.2. The number of hydrogen-bond donors (Lipinski definition) is 2. The summed E-state index contributed by atoms with van der Waals surface area (Å²) in [7, 11) is -3.49. The molecule has 1 amide bonds. The number of benzene rings is 1. The van der Waals surface area contributed by atoms with Gasteiger partial charge < -0.3 is 10.2 Å². The molecule has 6 nitrogen and oxygen atoms in total. The van der Waals surface area contributed by atoms with Crippen LogP contribution in [0.2, 0.25) is 0 Å². The molecule has 0 unspecified atom stereocenters. The van der Waals surface area contributed by atoms with Crippen molar-refractivity contribution in [1.82, 2.24) is 9.62 Å². The Kier molecular flexibility index (Phi) is 7.02. The van der Waals surface area contributed by atoms with Crippen LogP contribution < -0.4 is 10.2 Å². The second-order valence-corrected chi connectivity index (χ2v) is 10.8. The molecule has 7 heteroatoms. The molecule has 0 spiro atoms. The van der Waals surface area contributed by atoms with Crippen molar-refractivity contribution in [3.63, 3.8) is 0 Å². The van der Waals surface area contributed by atoms with Gasteiger partial charge in [-0.15, -0.1) is 0 Å². The largest absolute Gasteiger partial charge is 0.348 e. The summed E-state index contributed by atoms with van der Waals surface area (Å²) in [4.78, 5) is 14.3. The van der Waals surface area contributed by atoms with E-state index >= 15 is 0 Å². The summed E-state index contributed by atoms with van der Waals surface area (Å²) in [6.45, 7) is 10.2. The Morgan fingerprint density at radius 2 is 1.83 bits per heavy atom. The van der Waals surface area contributed by atoms with Crippen molar-refractivity contribution in [2.45, 2.75) is 70.4 Å². The molecule has 2 N–H and O–H groups in total. The maximum absolute atomic E-state index is 13.1. The van der Waals surface area contributed by atoms with Crippen molar-refractivity contribution in [3.8, 4) is 0 Å². The third-order valence-electron chi connectivity index (χ3n) is 6.76. The van der Waals surface area contributed by atoms with Crippen molar-refractivity contribution in [3.05, 3.63) is 29.3 Å². The van der Waals surface area contributed by atoms with Gasteiger partial charge in [-0.1, -0.05) is 37.5 Å². The number of rotatable bonds is 5. The van der Waals surface area contributed by atoms with Gasteiger partial charge in [-0.2, -0.15) is 4.31 Å². The summed E-state index contributed by atoms with van der Waals surface area (Å²) in [5, 5.41) is 3.25. The van der Waals surface area contributed by atoms with Crippen LogP contribution in [0.3, 0.4) is 0 Å². The number of nitrogens with zero attached hydrogens (tertiary/aromatic N) is 1. The standard InChI is InChI=1S/C22H35N3O3S/c1-16-9-10-21(18(3)15-16)29(27,28)25-13-11-24(12-14-25)19(4)22(26)23-20-8-6-5-7-17(20)2/h9-10,15,17,19-20H,5-8,11-14H2,1-4H3,(H,23,26)/p+1/t17-,19-,20+/m0/s1. The van der Waals surface area contributed by atoms with E-state index < -0.39 is 10.0 Å². The van der Waals surface area contributed by atoms with Crippen molar-refractivity contribution < 1.29 is 18.1 Å². The molecule has 1 saturated heterocycles. The summed E-state index contributed by atoms with van der Waals surface area (Å²) < 4.78 is 27.7. The summed E-state index contributed by atoms with van der Waals surface area (Å²) >= 11 is 0. The molecule has 1 heterocycles. The molecule has 0 radical (unpaired) electrons. The van der Waals surface area contributed by atoms with Crippen LogP contribution in [-0.4, -0.2) is 56.9 Å². The fourth-order valence-electron chi connectivity index (χ4n) is 4.70. The minimum absolute atomic E-state index is 0.101. The Balaban J connectivity index is 1.58. The number of nitrogens with one attached hydrogen (secondary N) is 2. The molecule has 2 fully saturated rings. The van der Waals surface area contributed by atoms with E-state index in [-0.39, 0.29) is 18.0 Å². The van der Waals surface area contributed by atoms with Gasteiger partial charge in [0.1, 0.15) is 0 Å². The van der Waals surface area contributed by atoms with E-state index in [1.54, 1.807) is 10.4 Å². The summed E-state index contributed by atoms with van der Waals surface area (Å²) in [6.07, 6.45) is 4.69. The van der Waals surface area contributed by atoms with E-state index in [1.165, 1.54) is 19.3 Å². The van der Waals surface area contributed by atoms with Gasteiger partial charge in [0.15, 0.2) is 6.04 Å². The predicted octanol–water partition coefficient (Wildman–Crippen LogP) is 1.28. The summed E-state index contributed by atoms with van der Waals surface area (Å²) in [5.74, 6) is 0.638. The highest BCUT2D eigenvalue weighted by atomic mass is 32.2. The van der Waals surface area contributed by atoms with Crippen molar-refractivity contribution >= 4 is 15.9 Å². The van der Waals surface area contributed by atoms with Gasteiger partial charge in [0.2, 0.25) is 10.0 Å². The molecular formula is C22H36N3O3S+. The highest BCUT2D eigenvalue weighted by Gasteiger charge is 2.36. The zero-order chi connectivity index (χ0) is 21.2. The lowest BCUT2D eigenvalue weighted by Gasteiger charge is -2.36. The third-order valence-corrected chi connectivity index (χ3v) is 8.82. The molecular weight excluding hydrogens is 386 g/mol. The molecule has 1 aliphatic heterocycles. The SMILES string of the molecule is Cc1ccc(S(=O)(=O)N2CC[NH+]([C@@H](C)C(=O)N[C@@H]3CCCC[C@@H]3C)CC2)c(C)c1. The number of carbonyl (C=O) groups excluding carboxylic acids is 1. The van der Waals surface area contributed by atoms with E-state index in [0.29, 0.717) is 37.0 Å². The number of sulfonamides is 1. The van der Waals surface area contributed by atoms with E-state index in [0.717, 1.165) is 22.4 Å². The van der Waals surface area contributed by atoms with Gasteiger partial charge >= 0.3 is 0 Å². The molecule has 3 atom stereocenters. The lowest BCUT2D eigenvalue weighted by Crippen LogP contribution is -3.19. The fourth-order valence-corrected chi connectivity index (χ4v) is 6.35. The normalized spacial score (nSPS) is 25.5. The van der Waals surface area contributed by atoms with Gasteiger partial charge in [-0.25, -0.2) is 8.42 Å². The van der Waals surface area contributed by atoms with Gasteiger partial charge in [0.05, 0.1) is 31.1 Å². The molecule has 3 rings (SSSR count). The summed E-state index contributed by atoms with van der Waals surface area (Å²) in [6, 6.07) is 5.59. The highest BCUT2D eigenvalue weighted by Crippen LogP contribution is 2.24. The number of amides is 1. The zero-order valence-corrected chi connectivity index (χ0v) is 19.0.